The maximum atomic E-state index is 12.6. The molecule has 6 heteroatoms. The van der Waals surface area contributed by atoms with E-state index in [1.807, 2.05) is 0 Å². The minimum atomic E-state index is -0.538. The van der Waals surface area contributed by atoms with E-state index in [0.29, 0.717) is 0 Å². The second kappa shape index (κ2) is 5.22. The smallest absolute Gasteiger partial charge is 0.207 e. The highest BCUT2D eigenvalue weighted by Crippen LogP contribution is 2.04. The molecule has 0 radical (unpaired) electrons. The van der Waals surface area contributed by atoms with Crippen LogP contribution in [0, 0.1) is 5.82 Å². The lowest BCUT2D eigenvalue weighted by Crippen LogP contribution is -2.12. The third-order valence-electron chi connectivity index (χ3n) is 2.15. The van der Waals surface area contributed by atoms with E-state index in [1.165, 1.54) is 18.5 Å². The number of pyridine rings is 1. The fourth-order valence-electron chi connectivity index (χ4n) is 1.30. The number of hydrogen-bond acceptors (Lipinski definition) is 5. The van der Waals surface area contributed by atoms with Crippen molar-refractivity contribution >= 4 is 11.6 Å². The van der Waals surface area contributed by atoms with Gasteiger partial charge in [-0.3, -0.25) is 14.6 Å². The summed E-state index contributed by atoms with van der Waals surface area (Å²) in [6.07, 6.45) is 3.38. The SMILES string of the molecule is O=C(CC(=O)c1ncccn1)c1ccc(F)cn1. The number of ketones is 2. The maximum absolute atomic E-state index is 12.6. The number of Topliss-reactive ketones (excluding diaryl/α,β-unsaturated/α-hetero) is 2. The fourth-order valence-corrected chi connectivity index (χ4v) is 1.30. The second-order valence-corrected chi connectivity index (χ2v) is 3.46. The van der Waals surface area contributed by atoms with Gasteiger partial charge in [0.15, 0.2) is 11.6 Å². The molecule has 0 saturated carbocycles. The predicted octanol–water partition coefficient (Wildman–Crippen LogP) is 1.47. The van der Waals surface area contributed by atoms with Crippen molar-refractivity contribution in [1.29, 1.82) is 0 Å². The molecule has 2 rings (SSSR count). The van der Waals surface area contributed by atoms with E-state index in [1.54, 1.807) is 6.07 Å². The first kappa shape index (κ1) is 12.0. The van der Waals surface area contributed by atoms with Crippen LogP contribution in [0.15, 0.2) is 36.8 Å². The highest BCUT2D eigenvalue weighted by Gasteiger charge is 2.16. The van der Waals surface area contributed by atoms with Crippen molar-refractivity contribution in [3.05, 3.63) is 54.1 Å². The lowest BCUT2D eigenvalue weighted by Gasteiger charge is -1.99. The summed E-state index contributed by atoms with van der Waals surface area (Å²) in [6.45, 7) is 0. The summed E-state index contributed by atoms with van der Waals surface area (Å²) in [5.41, 5.74) is 0.0423. The minimum Gasteiger partial charge on any atom is -0.292 e. The van der Waals surface area contributed by atoms with Crippen molar-refractivity contribution in [3.8, 4) is 0 Å². The van der Waals surface area contributed by atoms with Gasteiger partial charge in [-0.25, -0.2) is 14.4 Å². The first-order chi connectivity index (χ1) is 8.66. The molecule has 2 heterocycles. The van der Waals surface area contributed by atoms with Crippen LogP contribution in [-0.2, 0) is 0 Å². The van der Waals surface area contributed by atoms with Gasteiger partial charge in [0.1, 0.15) is 11.5 Å². The van der Waals surface area contributed by atoms with E-state index >= 15 is 0 Å². The molecule has 0 saturated heterocycles. The van der Waals surface area contributed by atoms with Gasteiger partial charge in [-0.1, -0.05) is 0 Å². The molecule has 0 fully saturated rings. The van der Waals surface area contributed by atoms with Crippen LogP contribution in [0.2, 0.25) is 0 Å². The Balaban J connectivity index is 2.08. The van der Waals surface area contributed by atoms with Crippen LogP contribution in [0.1, 0.15) is 27.5 Å². The molecular weight excluding hydrogens is 237 g/mol. The lowest BCUT2D eigenvalue weighted by atomic mass is 10.1. The Morgan fingerprint density at radius 2 is 1.78 bits per heavy atom. The largest absolute Gasteiger partial charge is 0.292 e. The van der Waals surface area contributed by atoms with Crippen LogP contribution < -0.4 is 0 Å². The summed E-state index contributed by atoms with van der Waals surface area (Å²) in [6, 6.07) is 3.92. The summed E-state index contributed by atoms with van der Waals surface area (Å²) in [7, 11) is 0. The molecule has 0 amide bonds. The van der Waals surface area contributed by atoms with Crippen LogP contribution >= 0.6 is 0 Å². The number of hydrogen-bond donors (Lipinski definition) is 0. The minimum absolute atomic E-state index is 0.0204. The molecule has 2 aromatic rings. The molecule has 0 aliphatic carbocycles. The molecule has 0 spiro atoms. The number of halogens is 1. The van der Waals surface area contributed by atoms with Gasteiger partial charge in [-0.2, -0.15) is 0 Å². The molecule has 2 aromatic heterocycles. The molecule has 90 valence electrons. The van der Waals surface area contributed by atoms with Crippen molar-refractivity contribution in [2.45, 2.75) is 6.42 Å². The summed E-state index contributed by atoms with van der Waals surface area (Å²) < 4.78 is 12.6. The van der Waals surface area contributed by atoms with Crippen LogP contribution in [-0.4, -0.2) is 26.5 Å². The Morgan fingerprint density at radius 1 is 1.06 bits per heavy atom. The van der Waals surface area contributed by atoms with Gasteiger partial charge in [0.2, 0.25) is 5.78 Å². The van der Waals surface area contributed by atoms with E-state index in [4.69, 9.17) is 0 Å². The first-order valence-electron chi connectivity index (χ1n) is 5.12. The molecular formula is C12H8FN3O2. The summed E-state index contributed by atoms with van der Waals surface area (Å²) >= 11 is 0. The van der Waals surface area contributed by atoms with Gasteiger partial charge in [0.05, 0.1) is 12.6 Å². The summed E-state index contributed by atoms with van der Waals surface area (Å²) in [4.78, 5) is 34.4. The van der Waals surface area contributed by atoms with Crippen molar-refractivity contribution < 1.29 is 14.0 Å². The van der Waals surface area contributed by atoms with Crippen LogP contribution in [0.3, 0.4) is 0 Å². The van der Waals surface area contributed by atoms with Crippen LogP contribution in [0.25, 0.3) is 0 Å². The molecule has 0 aliphatic heterocycles. The topological polar surface area (TPSA) is 72.8 Å². The molecule has 18 heavy (non-hydrogen) atoms. The quantitative estimate of drug-likeness (QED) is 0.602. The summed E-state index contributed by atoms with van der Waals surface area (Å²) in [5.74, 6) is -1.54. The van der Waals surface area contributed by atoms with Crippen molar-refractivity contribution in [2.75, 3.05) is 0 Å². The Morgan fingerprint density at radius 3 is 2.39 bits per heavy atom. The van der Waals surface area contributed by atoms with Crippen molar-refractivity contribution in [2.24, 2.45) is 0 Å². The first-order valence-corrected chi connectivity index (χ1v) is 5.12. The maximum Gasteiger partial charge on any atom is 0.207 e. The lowest BCUT2D eigenvalue weighted by molar-refractivity contribution is 0.0885. The zero-order chi connectivity index (χ0) is 13.0. The fraction of sp³-hybridized carbons (Fsp3) is 0.0833. The third kappa shape index (κ3) is 2.79. The van der Waals surface area contributed by atoms with Crippen LogP contribution in [0.4, 0.5) is 4.39 Å². The van der Waals surface area contributed by atoms with E-state index in [-0.39, 0.29) is 17.9 Å². The number of carbonyl (C=O) groups excluding carboxylic acids is 2. The molecule has 0 unspecified atom stereocenters. The number of nitrogens with zero attached hydrogens (tertiary/aromatic N) is 3. The van der Waals surface area contributed by atoms with E-state index < -0.39 is 17.4 Å². The van der Waals surface area contributed by atoms with Gasteiger partial charge < -0.3 is 0 Å². The Kier molecular flexibility index (Phi) is 3.47. The second-order valence-electron chi connectivity index (χ2n) is 3.46. The van der Waals surface area contributed by atoms with Crippen molar-refractivity contribution in [3.63, 3.8) is 0 Å². The number of rotatable bonds is 4. The Bertz CT molecular complexity index is 570. The van der Waals surface area contributed by atoms with Gasteiger partial charge in [0, 0.05) is 12.4 Å². The Labute approximate surface area is 102 Å². The molecule has 0 N–H and O–H groups in total. The standard InChI is InChI=1S/C12H8FN3O2/c13-8-2-3-9(16-7-8)10(17)6-11(18)12-14-4-1-5-15-12/h1-5,7H,6H2. The van der Waals surface area contributed by atoms with E-state index in [9.17, 15) is 14.0 Å². The normalized spacial score (nSPS) is 10.1. The Hall–Kier alpha value is -2.50. The molecule has 5 nitrogen and oxygen atoms in total. The average Bonchev–Trinajstić information content (AvgIpc) is 2.40. The van der Waals surface area contributed by atoms with Gasteiger partial charge >= 0.3 is 0 Å². The average molecular weight is 245 g/mol. The van der Waals surface area contributed by atoms with Gasteiger partial charge in [0.25, 0.3) is 0 Å². The monoisotopic (exact) mass is 245 g/mol. The number of aromatic nitrogens is 3. The molecule has 0 aromatic carbocycles. The van der Waals surface area contributed by atoms with Crippen LogP contribution in [0.5, 0.6) is 0 Å². The zero-order valence-electron chi connectivity index (χ0n) is 9.21. The van der Waals surface area contributed by atoms with E-state index in [0.717, 1.165) is 12.3 Å². The highest BCUT2D eigenvalue weighted by atomic mass is 19.1. The zero-order valence-corrected chi connectivity index (χ0v) is 9.21. The van der Waals surface area contributed by atoms with Gasteiger partial charge in [-0.15, -0.1) is 0 Å². The van der Waals surface area contributed by atoms with Crippen molar-refractivity contribution in [1.82, 2.24) is 15.0 Å². The molecule has 0 atom stereocenters. The van der Waals surface area contributed by atoms with Gasteiger partial charge in [-0.05, 0) is 18.2 Å². The number of carbonyl (C=O) groups is 2. The van der Waals surface area contributed by atoms with E-state index in [2.05, 4.69) is 15.0 Å². The molecule has 0 aliphatic rings. The summed E-state index contributed by atoms with van der Waals surface area (Å²) in [5, 5.41) is 0. The highest BCUT2D eigenvalue weighted by molar-refractivity contribution is 6.11. The predicted molar refractivity (Wildman–Crippen MR) is 59.5 cm³/mol. The third-order valence-corrected chi connectivity index (χ3v) is 2.15. The molecule has 0 bridgehead atoms.